The highest BCUT2D eigenvalue weighted by molar-refractivity contribution is 5.92. The molecule has 2 amide bonds. The molecule has 7 heteroatoms. The second-order valence-corrected chi connectivity index (χ2v) is 9.01. The van der Waals surface area contributed by atoms with Gasteiger partial charge in [0.2, 0.25) is 5.91 Å². The van der Waals surface area contributed by atoms with Crippen molar-refractivity contribution < 1.29 is 14.7 Å². The highest BCUT2D eigenvalue weighted by Gasteiger charge is 2.27. The van der Waals surface area contributed by atoms with Crippen LogP contribution in [0.2, 0.25) is 0 Å². The number of hydrogen-bond acceptors (Lipinski definition) is 5. The Morgan fingerprint density at radius 1 is 1.00 bits per heavy atom. The van der Waals surface area contributed by atoms with Crippen molar-refractivity contribution in [2.45, 2.75) is 44.6 Å². The molecule has 3 rings (SSSR count). The minimum absolute atomic E-state index is 0.131. The van der Waals surface area contributed by atoms with E-state index in [4.69, 9.17) is 5.73 Å². The van der Waals surface area contributed by atoms with Crippen molar-refractivity contribution in [1.29, 1.82) is 0 Å². The quantitative estimate of drug-likeness (QED) is 0.515. The number of nitrogens with two attached hydrogens (primary N) is 1. The summed E-state index contributed by atoms with van der Waals surface area (Å²) in [6, 6.07) is 17.3. The number of hydrogen-bond donors (Lipinski definition) is 1. The van der Waals surface area contributed by atoms with Gasteiger partial charge < -0.3 is 30.3 Å². The van der Waals surface area contributed by atoms with Crippen molar-refractivity contribution in [3.8, 4) is 11.1 Å². The van der Waals surface area contributed by atoms with Gasteiger partial charge in [0.25, 0.3) is 0 Å². The fourth-order valence-electron chi connectivity index (χ4n) is 4.60. The molecule has 7 nitrogen and oxygen atoms in total. The summed E-state index contributed by atoms with van der Waals surface area (Å²) in [5.74, 6) is 0.174. The Balaban J connectivity index is 1.56. The molecule has 0 aromatic heterocycles. The van der Waals surface area contributed by atoms with Crippen molar-refractivity contribution >= 4 is 17.7 Å². The van der Waals surface area contributed by atoms with Gasteiger partial charge in [-0.2, -0.15) is 0 Å². The summed E-state index contributed by atoms with van der Waals surface area (Å²) in [5, 5.41) is 12.2. The molecular weight excluding hydrogens is 428 g/mol. The standard InChI is InChI=1S/C27H38N4O3/c1-29(26(32)14-6-3-9-17-28)20-21-30-18-15-23(16-19-30)31(27(33)34)25-13-8-7-12-24(25)22-10-4-2-5-11-22/h2,4-5,7-8,10-13,23H,3,6,9,14-21,28H2,1H3,(H,33,34)/p-1. The molecule has 1 aliphatic rings. The molecule has 0 aliphatic carbocycles. The molecule has 0 saturated carbocycles. The zero-order chi connectivity index (χ0) is 24.3. The van der Waals surface area contributed by atoms with Crippen molar-refractivity contribution in [1.82, 2.24) is 9.80 Å². The number of likely N-dealkylation sites (N-methyl/N-ethyl adjacent to an activating group) is 1. The third-order valence-corrected chi connectivity index (χ3v) is 6.64. The molecule has 0 unspecified atom stereocenters. The van der Waals surface area contributed by atoms with E-state index in [1.165, 1.54) is 4.90 Å². The van der Waals surface area contributed by atoms with Crippen LogP contribution in [0, 0.1) is 0 Å². The molecular formula is C27H37N4O3-. The van der Waals surface area contributed by atoms with E-state index in [1.807, 2.05) is 61.6 Å². The SMILES string of the molecule is CN(CCN1CCC(N(C(=O)[O-])c2ccccc2-c2ccccc2)CC1)C(=O)CCCCCN. The summed E-state index contributed by atoms with van der Waals surface area (Å²) in [4.78, 5) is 30.1. The lowest BCUT2D eigenvalue weighted by atomic mass is 9.98. The van der Waals surface area contributed by atoms with E-state index in [2.05, 4.69) is 4.90 Å². The van der Waals surface area contributed by atoms with Gasteiger partial charge in [0, 0.05) is 51.3 Å². The smallest absolute Gasteiger partial charge is 0.222 e. The first-order valence-corrected chi connectivity index (χ1v) is 12.3. The average molecular weight is 466 g/mol. The molecule has 1 aliphatic heterocycles. The van der Waals surface area contributed by atoms with Gasteiger partial charge >= 0.3 is 0 Å². The van der Waals surface area contributed by atoms with Crippen LogP contribution >= 0.6 is 0 Å². The molecule has 0 radical (unpaired) electrons. The summed E-state index contributed by atoms with van der Waals surface area (Å²) in [5.41, 5.74) is 8.05. The minimum Gasteiger partial charge on any atom is -0.530 e. The van der Waals surface area contributed by atoms with E-state index in [0.717, 1.165) is 62.9 Å². The maximum Gasteiger partial charge on any atom is 0.222 e. The van der Waals surface area contributed by atoms with E-state index in [0.29, 0.717) is 25.2 Å². The molecule has 1 heterocycles. The molecule has 0 atom stereocenters. The number of anilines is 1. The predicted molar refractivity (Wildman–Crippen MR) is 134 cm³/mol. The maximum absolute atomic E-state index is 12.3. The summed E-state index contributed by atoms with van der Waals surface area (Å²) >= 11 is 0. The number of unbranched alkanes of at least 4 members (excludes halogenated alkanes) is 2. The van der Waals surface area contributed by atoms with Crippen molar-refractivity contribution in [3.63, 3.8) is 0 Å². The van der Waals surface area contributed by atoms with E-state index in [9.17, 15) is 14.7 Å². The van der Waals surface area contributed by atoms with Gasteiger partial charge in [0.05, 0.1) is 5.69 Å². The second-order valence-electron chi connectivity index (χ2n) is 9.01. The Labute approximate surface area is 203 Å². The summed E-state index contributed by atoms with van der Waals surface area (Å²) in [6.07, 6.45) is 3.70. The van der Waals surface area contributed by atoms with Crippen LogP contribution in [0.4, 0.5) is 10.5 Å². The number of piperidine rings is 1. The number of rotatable bonds is 11. The van der Waals surface area contributed by atoms with Gasteiger partial charge in [-0.3, -0.25) is 4.79 Å². The molecule has 2 aromatic rings. The molecule has 34 heavy (non-hydrogen) atoms. The summed E-state index contributed by atoms with van der Waals surface area (Å²) in [7, 11) is 1.86. The van der Waals surface area contributed by atoms with Crippen molar-refractivity contribution in [2.75, 3.05) is 44.7 Å². The Bertz CT molecular complexity index is 913. The Morgan fingerprint density at radius 2 is 1.68 bits per heavy atom. The molecule has 0 bridgehead atoms. The molecule has 1 saturated heterocycles. The predicted octanol–water partition coefficient (Wildman–Crippen LogP) is 2.95. The first kappa shape index (κ1) is 25.7. The van der Waals surface area contributed by atoms with Crippen LogP contribution in [0.1, 0.15) is 38.5 Å². The van der Waals surface area contributed by atoms with E-state index in [1.54, 1.807) is 4.90 Å². The monoisotopic (exact) mass is 465 g/mol. The number of nitrogens with zero attached hydrogens (tertiary/aromatic N) is 3. The van der Waals surface area contributed by atoms with Gasteiger partial charge in [-0.1, -0.05) is 55.0 Å². The maximum atomic E-state index is 12.3. The lowest BCUT2D eigenvalue weighted by Crippen LogP contribution is -2.52. The number of para-hydroxylation sites is 1. The van der Waals surface area contributed by atoms with Crippen molar-refractivity contribution in [3.05, 3.63) is 54.6 Å². The summed E-state index contributed by atoms with van der Waals surface area (Å²) < 4.78 is 0. The van der Waals surface area contributed by atoms with Crippen molar-refractivity contribution in [2.24, 2.45) is 5.73 Å². The van der Waals surface area contributed by atoms with Gasteiger partial charge in [0.1, 0.15) is 6.09 Å². The Morgan fingerprint density at radius 3 is 2.35 bits per heavy atom. The van der Waals surface area contributed by atoms with Crippen LogP contribution in [-0.4, -0.2) is 67.6 Å². The normalized spacial score (nSPS) is 14.6. The van der Waals surface area contributed by atoms with Gasteiger partial charge in [-0.05, 0) is 43.9 Å². The fourth-order valence-corrected chi connectivity index (χ4v) is 4.60. The average Bonchev–Trinajstić information content (AvgIpc) is 2.86. The minimum atomic E-state index is -1.17. The number of amides is 2. The zero-order valence-corrected chi connectivity index (χ0v) is 20.2. The third kappa shape index (κ3) is 7.05. The van der Waals surface area contributed by atoms with Gasteiger partial charge in [0.15, 0.2) is 0 Å². The Hall–Kier alpha value is -2.90. The number of carboxylic acid groups (broad SMARTS) is 1. The van der Waals surface area contributed by atoms with Crippen LogP contribution in [0.3, 0.4) is 0 Å². The number of carbonyl (C=O) groups is 2. The molecule has 2 N–H and O–H groups in total. The lowest BCUT2D eigenvalue weighted by molar-refractivity contribution is -0.247. The molecule has 184 valence electrons. The fraction of sp³-hybridized carbons (Fsp3) is 0.481. The van der Waals surface area contributed by atoms with Gasteiger partial charge in [-0.15, -0.1) is 0 Å². The number of carbonyl (C=O) groups excluding carboxylic acids is 2. The first-order valence-electron chi connectivity index (χ1n) is 12.3. The first-order chi connectivity index (χ1) is 16.5. The molecule has 0 spiro atoms. The van der Waals surface area contributed by atoms with Crippen LogP contribution in [0.15, 0.2) is 54.6 Å². The van der Waals surface area contributed by atoms with Gasteiger partial charge in [-0.25, -0.2) is 0 Å². The van der Waals surface area contributed by atoms with E-state index < -0.39 is 6.09 Å². The highest BCUT2D eigenvalue weighted by atomic mass is 16.4. The largest absolute Gasteiger partial charge is 0.530 e. The van der Waals surface area contributed by atoms with Crippen LogP contribution in [-0.2, 0) is 4.79 Å². The third-order valence-electron chi connectivity index (χ3n) is 6.64. The zero-order valence-electron chi connectivity index (χ0n) is 20.2. The lowest BCUT2D eigenvalue weighted by Gasteiger charge is -2.41. The topological polar surface area (TPSA) is 92.9 Å². The summed E-state index contributed by atoms with van der Waals surface area (Å²) in [6.45, 7) is 3.74. The molecule has 2 aromatic carbocycles. The Kier molecular flexibility index (Phi) is 9.91. The molecule has 1 fully saturated rings. The second kappa shape index (κ2) is 13.1. The van der Waals surface area contributed by atoms with E-state index >= 15 is 0 Å². The number of benzene rings is 2. The van der Waals surface area contributed by atoms with Crippen LogP contribution < -0.4 is 15.7 Å². The highest BCUT2D eigenvalue weighted by Crippen LogP contribution is 2.33. The van der Waals surface area contributed by atoms with Crippen LogP contribution in [0.5, 0.6) is 0 Å². The van der Waals surface area contributed by atoms with Crippen LogP contribution in [0.25, 0.3) is 11.1 Å². The number of likely N-dealkylation sites (tertiary alicyclic amines) is 1. The van der Waals surface area contributed by atoms with E-state index in [-0.39, 0.29) is 11.9 Å².